The lowest BCUT2D eigenvalue weighted by molar-refractivity contribution is 1.07. The summed E-state index contributed by atoms with van der Waals surface area (Å²) < 4.78 is 0. The van der Waals surface area contributed by atoms with Crippen molar-refractivity contribution in [3.8, 4) is 11.1 Å². The molecular formula is C21H21N5. The molecule has 0 aliphatic heterocycles. The molecule has 3 rings (SSSR count). The van der Waals surface area contributed by atoms with E-state index in [-0.39, 0.29) is 5.84 Å². The average Bonchev–Trinajstić information content (AvgIpc) is 2.68. The van der Waals surface area contributed by atoms with Crippen molar-refractivity contribution >= 4 is 11.5 Å². The summed E-state index contributed by atoms with van der Waals surface area (Å²) in [5.41, 5.74) is 6.51. The van der Waals surface area contributed by atoms with Crippen LogP contribution in [0.4, 0.5) is 5.69 Å². The van der Waals surface area contributed by atoms with Gasteiger partial charge in [-0.05, 0) is 41.3 Å². The van der Waals surface area contributed by atoms with Crippen LogP contribution in [0.1, 0.15) is 16.7 Å². The SMILES string of the molecule is Cc1ccccc1-c1ccc(CNc2cccc(C(=N)N=NN)c2)cc1. The largest absolute Gasteiger partial charge is 0.381 e. The van der Waals surface area contributed by atoms with Gasteiger partial charge in [-0.15, -0.1) is 5.11 Å². The van der Waals surface area contributed by atoms with Gasteiger partial charge < -0.3 is 11.2 Å². The van der Waals surface area contributed by atoms with Crippen LogP contribution < -0.4 is 11.2 Å². The van der Waals surface area contributed by atoms with Crippen LogP contribution in [0.15, 0.2) is 83.1 Å². The first-order valence-electron chi connectivity index (χ1n) is 8.36. The van der Waals surface area contributed by atoms with Gasteiger partial charge in [0, 0.05) is 17.8 Å². The number of aryl methyl sites for hydroxylation is 1. The molecule has 0 radical (unpaired) electrons. The Morgan fingerprint density at radius 1 is 1.00 bits per heavy atom. The van der Waals surface area contributed by atoms with Crippen molar-refractivity contribution in [1.29, 1.82) is 5.41 Å². The second kappa shape index (κ2) is 8.07. The number of rotatable bonds is 5. The first-order chi connectivity index (χ1) is 12.7. The molecule has 0 amide bonds. The van der Waals surface area contributed by atoms with E-state index in [1.807, 2.05) is 18.2 Å². The quantitative estimate of drug-likeness (QED) is 0.202. The number of hydrogen-bond acceptors (Lipinski definition) is 3. The smallest absolute Gasteiger partial charge is 0.176 e. The summed E-state index contributed by atoms with van der Waals surface area (Å²) in [4.78, 5) is 0. The lowest BCUT2D eigenvalue weighted by atomic mass is 9.99. The normalized spacial score (nSPS) is 10.8. The van der Waals surface area contributed by atoms with Crippen molar-refractivity contribution in [2.45, 2.75) is 13.5 Å². The standard InChI is InChI=1S/C21H21N5/c1-15-5-2-3-8-20(15)17-11-9-16(10-12-17)14-24-19-7-4-6-18(13-19)21(22)25-26-23/h2-13,24H,14H2,1H3,(H3,22,23,25). The molecule has 0 fully saturated rings. The molecule has 3 aromatic rings. The van der Waals surface area contributed by atoms with Crippen molar-refractivity contribution in [3.63, 3.8) is 0 Å². The lowest BCUT2D eigenvalue weighted by Crippen LogP contribution is -2.01. The summed E-state index contributed by atoms with van der Waals surface area (Å²) in [6.07, 6.45) is 0. The highest BCUT2D eigenvalue weighted by molar-refractivity contribution is 5.97. The molecule has 0 bridgehead atoms. The topological polar surface area (TPSA) is 86.6 Å². The van der Waals surface area contributed by atoms with E-state index in [2.05, 4.69) is 71.1 Å². The van der Waals surface area contributed by atoms with E-state index >= 15 is 0 Å². The molecule has 0 unspecified atom stereocenters. The minimum Gasteiger partial charge on any atom is -0.381 e. The molecular weight excluding hydrogens is 322 g/mol. The van der Waals surface area contributed by atoms with E-state index in [1.54, 1.807) is 6.07 Å². The summed E-state index contributed by atoms with van der Waals surface area (Å²) in [6.45, 7) is 2.82. The monoisotopic (exact) mass is 343 g/mol. The number of hydrogen-bond donors (Lipinski definition) is 3. The Hall–Kier alpha value is -3.47. The van der Waals surface area contributed by atoms with Crippen molar-refractivity contribution in [2.24, 2.45) is 16.2 Å². The highest BCUT2D eigenvalue weighted by atomic mass is 15.3. The zero-order valence-corrected chi connectivity index (χ0v) is 14.6. The Balaban J connectivity index is 1.68. The second-order valence-corrected chi connectivity index (χ2v) is 6.01. The molecule has 0 saturated carbocycles. The predicted molar refractivity (Wildman–Crippen MR) is 106 cm³/mol. The summed E-state index contributed by atoms with van der Waals surface area (Å²) in [5.74, 6) is 5.05. The third-order valence-electron chi connectivity index (χ3n) is 4.20. The predicted octanol–water partition coefficient (Wildman–Crippen LogP) is 4.93. The molecule has 4 N–H and O–H groups in total. The number of benzene rings is 3. The Morgan fingerprint density at radius 2 is 1.77 bits per heavy atom. The number of nitrogens with two attached hydrogens (primary N) is 1. The van der Waals surface area contributed by atoms with Crippen LogP contribution in [0.25, 0.3) is 11.1 Å². The van der Waals surface area contributed by atoms with Gasteiger partial charge in [0.25, 0.3) is 0 Å². The van der Waals surface area contributed by atoms with Crippen molar-refractivity contribution in [1.82, 2.24) is 0 Å². The lowest BCUT2D eigenvalue weighted by Gasteiger charge is -2.10. The van der Waals surface area contributed by atoms with E-state index in [9.17, 15) is 0 Å². The number of anilines is 1. The van der Waals surface area contributed by atoms with E-state index < -0.39 is 0 Å². The molecule has 0 aromatic heterocycles. The Morgan fingerprint density at radius 3 is 2.50 bits per heavy atom. The van der Waals surface area contributed by atoms with E-state index in [1.165, 1.54) is 22.3 Å². The minimum absolute atomic E-state index is 0.0405. The first kappa shape index (κ1) is 17.4. The molecule has 0 heterocycles. The van der Waals surface area contributed by atoms with Crippen LogP contribution in [0, 0.1) is 12.3 Å². The Kier molecular flexibility index (Phi) is 5.39. The van der Waals surface area contributed by atoms with Crippen LogP contribution in [0.2, 0.25) is 0 Å². The van der Waals surface area contributed by atoms with Gasteiger partial charge in [-0.3, -0.25) is 5.41 Å². The summed E-state index contributed by atoms with van der Waals surface area (Å²) >= 11 is 0. The Labute approximate surface area is 153 Å². The van der Waals surface area contributed by atoms with Crippen LogP contribution >= 0.6 is 0 Å². The molecule has 0 spiro atoms. The molecule has 26 heavy (non-hydrogen) atoms. The third-order valence-corrected chi connectivity index (χ3v) is 4.20. The number of nitrogens with zero attached hydrogens (tertiary/aromatic N) is 2. The van der Waals surface area contributed by atoms with Gasteiger partial charge in [-0.25, -0.2) is 0 Å². The molecule has 0 aliphatic rings. The van der Waals surface area contributed by atoms with E-state index in [4.69, 9.17) is 11.3 Å². The first-order valence-corrected chi connectivity index (χ1v) is 8.36. The second-order valence-electron chi connectivity index (χ2n) is 6.01. The fourth-order valence-electron chi connectivity index (χ4n) is 2.79. The average molecular weight is 343 g/mol. The summed E-state index contributed by atoms with van der Waals surface area (Å²) in [6, 6.07) is 24.4. The van der Waals surface area contributed by atoms with Gasteiger partial charge in [0.15, 0.2) is 5.84 Å². The third kappa shape index (κ3) is 4.13. The minimum atomic E-state index is 0.0405. The van der Waals surface area contributed by atoms with E-state index in [0.29, 0.717) is 12.1 Å². The highest BCUT2D eigenvalue weighted by Crippen LogP contribution is 2.23. The fraction of sp³-hybridized carbons (Fsp3) is 0.0952. The van der Waals surface area contributed by atoms with Crippen molar-refractivity contribution < 1.29 is 0 Å². The van der Waals surface area contributed by atoms with Gasteiger partial charge in [-0.2, -0.15) is 0 Å². The van der Waals surface area contributed by atoms with Gasteiger partial charge >= 0.3 is 0 Å². The van der Waals surface area contributed by atoms with Gasteiger partial charge in [0.05, 0.1) is 0 Å². The zero-order valence-electron chi connectivity index (χ0n) is 14.6. The maximum absolute atomic E-state index is 7.78. The van der Waals surface area contributed by atoms with Crippen LogP contribution in [0.5, 0.6) is 0 Å². The summed E-state index contributed by atoms with van der Waals surface area (Å²) in [5, 5.41) is 17.9. The molecule has 5 heteroatoms. The van der Waals surface area contributed by atoms with Crippen molar-refractivity contribution in [3.05, 3.63) is 89.5 Å². The number of nitrogens with one attached hydrogen (secondary N) is 2. The molecule has 0 atom stereocenters. The zero-order chi connectivity index (χ0) is 18.4. The molecule has 5 nitrogen and oxygen atoms in total. The Bertz CT molecular complexity index is 929. The molecule has 0 saturated heterocycles. The van der Waals surface area contributed by atoms with Crippen LogP contribution in [-0.4, -0.2) is 5.84 Å². The van der Waals surface area contributed by atoms with Gasteiger partial charge in [0.1, 0.15) is 0 Å². The number of amidine groups is 1. The summed E-state index contributed by atoms with van der Waals surface area (Å²) in [7, 11) is 0. The van der Waals surface area contributed by atoms with Crippen LogP contribution in [0.3, 0.4) is 0 Å². The van der Waals surface area contributed by atoms with Crippen molar-refractivity contribution in [2.75, 3.05) is 5.32 Å². The van der Waals surface area contributed by atoms with Gasteiger partial charge in [-0.1, -0.05) is 65.9 Å². The van der Waals surface area contributed by atoms with Gasteiger partial charge in [0.2, 0.25) is 0 Å². The highest BCUT2D eigenvalue weighted by Gasteiger charge is 2.03. The maximum Gasteiger partial charge on any atom is 0.176 e. The maximum atomic E-state index is 7.78. The molecule has 130 valence electrons. The van der Waals surface area contributed by atoms with E-state index in [0.717, 1.165) is 5.69 Å². The van der Waals surface area contributed by atoms with Crippen LogP contribution in [-0.2, 0) is 6.54 Å². The molecule has 3 aromatic carbocycles. The molecule has 0 aliphatic carbocycles. The fourth-order valence-corrected chi connectivity index (χ4v) is 2.79.